The molecule has 0 spiro atoms. The Bertz CT molecular complexity index is 428. The number of halogens is 3. The maximum absolute atomic E-state index is 12.2. The van der Waals surface area contributed by atoms with Crippen molar-refractivity contribution >= 4 is 0 Å². The molecule has 0 saturated carbocycles. The smallest absolute Gasteiger partial charge is 0.490 e. The summed E-state index contributed by atoms with van der Waals surface area (Å²) in [6.45, 7) is 7.42. The molecule has 0 unspecified atom stereocenters. The summed E-state index contributed by atoms with van der Waals surface area (Å²) in [4.78, 5) is 0. The fourth-order valence-corrected chi connectivity index (χ4v) is 1.65. The van der Waals surface area contributed by atoms with Crippen LogP contribution in [0.1, 0.15) is 33.6 Å². The fourth-order valence-electron chi connectivity index (χ4n) is 1.65. The highest BCUT2D eigenvalue weighted by Gasteiger charge is 2.32. The topological polar surface area (TPSA) is 30.5 Å². The molecule has 21 heavy (non-hydrogen) atoms. The maximum atomic E-state index is 12.2. The third-order valence-electron chi connectivity index (χ3n) is 2.56. The average molecular weight is 305 g/mol. The van der Waals surface area contributed by atoms with Gasteiger partial charge in [0.05, 0.1) is 6.61 Å². The van der Waals surface area contributed by atoms with E-state index >= 15 is 0 Å². The predicted octanol–water partition coefficient (Wildman–Crippen LogP) is 4.13. The highest BCUT2D eigenvalue weighted by molar-refractivity contribution is 5.39. The van der Waals surface area contributed by atoms with Gasteiger partial charge in [0, 0.05) is 5.54 Å². The van der Waals surface area contributed by atoms with Crippen LogP contribution in [0.4, 0.5) is 13.2 Å². The number of rotatable bonds is 7. The molecule has 1 aromatic carbocycles. The number of hydrogen-bond donors (Lipinski definition) is 1. The van der Waals surface area contributed by atoms with E-state index < -0.39 is 6.36 Å². The second kappa shape index (κ2) is 7.54. The lowest BCUT2D eigenvalue weighted by Gasteiger charge is -2.20. The second-order valence-corrected chi connectivity index (χ2v) is 5.73. The Balaban J connectivity index is 2.35. The lowest BCUT2D eigenvalue weighted by molar-refractivity contribution is -0.275. The molecule has 3 nitrogen and oxygen atoms in total. The largest absolute Gasteiger partial charge is 0.573 e. The summed E-state index contributed by atoms with van der Waals surface area (Å²) in [6, 6.07) is 5.79. The third-order valence-corrected chi connectivity index (χ3v) is 2.56. The van der Waals surface area contributed by atoms with Gasteiger partial charge in [-0.2, -0.15) is 0 Å². The van der Waals surface area contributed by atoms with Crippen LogP contribution in [-0.2, 0) is 0 Å². The molecule has 0 bridgehead atoms. The molecule has 0 amide bonds. The lowest BCUT2D eigenvalue weighted by atomic mass is 10.1. The quantitative estimate of drug-likeness (QED) is 0.768. The van der Waals surface area contributed by atoms with E-state index in [2.05, 4.69) is 30.8 Å². The summed E-state index contributed by atoms with van der Waals surface area (Å²) in [5, 5.41) is 3.33. The van der Waals surface area contributed by atoms with E-state index in [0.29, 0.717) is 6.61 Å². The molecule has 1 aromatic rings. The van der Waals surface area contributed by atoms with Gasteiger partial charge in [0.25, 0.3) is 0 Å². The van der Waals surface area contributed by atoms with Crippen LogP contribution in [0.15, 0.2) is 24.3 Å². The molecule has 0 fully saturated rings. The van der Waals surface area contributed by atoms with Crippen LogP contribution in [-0.4, -0.2) is 25.1 Å². The van der Waals surface area contributed by atoms with Crippen molar-refractivity contribution in [1.82, 2.24) is 5.32 Å². The first-order valence-electron chi connectivity index (χ1n) is 6.90. The van der Waals surface area contributed by atoms with Gasteiger partial charge in [-0.25, -0.2) is 0 Å². The first kappa shape index (κ1) is 17.6. The van der Waals surface area contributed by atoms with E-state index in [0.717, 1.165) is 19.4 Å². The number of unbranched alkanes of at least 4 members (excludes halogenated alkanes) is 1. The minimum atomic E-state index is -4.71. The van der Waals surface area contributed by atoms with E-state index in [-0.39, 0.29) is 17.0 Å². The molecular weight excluding hydrogens is 283 g/mol. The normalized spacial score (nSPS) is 12.3. The zero-order chi connectivity index (χ0) is 15.9. The van der Waals surface area contributed by atoms with Crippen LogP contribution in [0, 0.1) is 0 Å². The first-order valence-corrected chi connectivity index (χ1v) is 6.90. The number of alkyl halides is 3. The van der Waals surface area contributed by atoms with Gasteiger partial charge in [0.15, 0.2) is 11.5 Å². The van der Waals surface area contributed by atoms with Gasteiger partial charge in [-0.1, -0.05) is 12.1 Å². The Morgan fingerprint density at radius 2 is 1.62 bits per heavy atom. The van der Waals surface area contributed by atoms with Gasteiger partial charge in [0.2, 0.25) is 0 Å². The second-order valence-electron chi connectivity index (χ2n) is 5.73. The molecule has 120 valence electrons. The predicted molar refractivity (Wildman–Crippen MR) is 75.6 cm³/mol. The molecule has 0 saturated heterocycles. The SMILES string of the molecule is CC(C)(C)NCCCCOc1ccccc1OC(F)(F)F. The molecule has 0 aliphatic heterocycles. The number of hydrogen-bond acceptors (Lipinski definition) is 3. The van der Waals surface area contributed by atoms with E-state index in [1.165, 1.54) is 18.2 Å². The van der Waals surface area contributed by atoms with Crippen molar-refractivity contribution in [3.8, 4) is 11.5 Å². The van der Waals surface area contributed by atoms with E-state index in [1.807, 2.05) is 0 Å². The summed E-state index contributed by atoms with van der Waals surface area (Å²) in [6.07, 6.45) is -3.07. The molecule has 6 heteroatoms. The van der Waals surface area contributed by atoms with Gasteiger partial charge in [-0.15, -0.1) is 13.2 Å². The molecule has 0 radical (unpaired) electrons. The van der Waals surface area contributed by atoms with E-state index in [1.54, 1.807) is 6.07 Å². The molecule has 0 atom stereocenters. The van der Waals surface area contributed by atoms with Crippen LogP contribution in [0.2, 0.25) is 0 Å². The number of nitrogens with one attached hydrogen (secondary N) is 1. The summed E-state index contributed by atoms with van der Waals surface area (Å²) < 4.78 is 46.0. The van der Waals surface area contributed by atoms with Crippen molar-refractivity contribution in [2.24, 2.45) is 0 Å². The van der Waals surface area contributed by atoms with Crippen LogP contribution in [0.25, 0.3) is 0 Å². The molecule has 1 rings (SSSR count). The standard InChI is InChI=1S/C15H22F3NO2/c1-14(2,3)19-10-6-7-11-20-12-8-4-5-9-13(12)21-15(16,17)18/h4-5,8-9,19H,6-7,10-11H2,1-3H3. The van der Waals surface area contributed by atoms with Crippen molar-refractivity contribution in [1.29, 1.82) is 0 Å². The fraction of sp³-hybridized carbons (Fsp3) is 0.600. The molecule has 0 heterocycles. The minimum absolute atomic E-state index is 0.0635. The molecule has 0 aromatic heterocycles. The molecule has 0 aliphatic carbocycles. The monoisotopic (exact) mass is 305 g/mol. The lowest BCUT2D eigenvalue weighted by Crippen LogP contribution is -2.36. The highest BCUT2D eigenvalue weighted by Crippen LogP contribution is 2.31. The van der Waals surface area contributed by atoms with Gasteiger partial charge >= 0.3 is 6.36 Å². The van der Waals surface area contributed by atoms with Gasteiger partial charge < -0.3 is 14.8 Å². The van der Waals surface area contributed by atoms with E-state index in [4.69, 9.17) is 4.74 Å². The first-order chi connectivity index (χ1) is 9.67. The Morgan fingerprint density at radius 3 is 2.19 bits per heavy atom. The minimum Gasteiger partial charge on any atom is -0.490 e. The van der Waals surface area contributed by atoms with Crippen LogP contribution in [0.5, 0.6) is 11.5 Å². The Labute approximate surface area is 123 Å². The van der Waals surface area contributed by atoms with Crippen LogP contribution >= 0.6 is 0 Å². The highest BCUT2D eigenvalue weighted by atomic mass is 19.4. The maximum Gasteiger partial charge on any atom is 0.573 e. The van der Waals surface area contributed by atoms with Crippen molar-refractivity contribution < 1.29 is 22.6 Å². The molecule has 0 aliphatic rings. The number of ether oxygens (including phenoxy) is 2. The summed E-state index contributed by atoms with van der Waals surface area (Å²) in [7, 11) is 0. The van der Waals surface area contributed by atoms with Gasteiger partial charge in [-0.3, -0.25) is 0 Å². The average Bonchev–Trinajstić information content (AvgIpc) is 2.32. The Kier molecular flexibility index (Phi) is 6.33. The Morgan fingerprint density at radius 1 is 1.00 bits per heavy atom. The number of benzene rings is 1. The zero-order valence-corrected chi connectivity index (χ0v) is 12.6. The number of para-hydroxylation sites is 2. The van der Waals surface area contributed by atoms with Gasteiger partial charge in [-0.05, 0) is 52.3 Å². The summed E-state index contributed by atoms with van der Waals surface area (Å²) in [5.74, 6) is -0.198. The van der Waals surface area contributed by atoms with Gasteiger partial charge in [0.1, 0.15) is 0 Å². The van der Waals surface area contributed by atoms with Crippen molar-refractivity contribution in [3.05, 3.63) is 24.3 Å². The van der Waals surface area contributed by atoms with Crippen molar-refractivity contribution in [2.45, 2.75) is 45.5 Å². The molecular formula is C15H22F3NO2. The van der Waals surface area contributed by atoms with Crippen LogP contribution in [0.3, 0.4) is 0 Å². The zero-order valence-electron chi connectivity index (χ0n) is 12.6. The summed E-state index contributed by atoms with van der Waals surface area (Å²) in [5.41, 5.74) is 0.0635. The van der Waals surface area contributed by atoms with Crippen molar-refractivity contribution in [3.63, 3.8) is 0 Å². The summed E-state index contributed by atoms with van der Waals surface area (Å²) >= 11 is 0. The third kappa shape index (κ3) is 8.45. The van der Waals surface area contributed by atoms with Crippen LogP contribution < -0.4 is 14.8 Å². The Hall–Kier alpha value is -1.43. The van der Waals surface area contributed by atoms with E-state index in [9.17, 15) is 13.2 Å². The molecule has 1 N–H and O–H groups in total. The van der Waals surface area contributed by atoms with Crippen molar-refractivity contribution in [2.75, 3.05) is 13.2 Å².